The molecule has 0 spiro atoms. The molecule has 0 saturated heterocycles. The minimum atomic E-state index is -2.24. The maximum Gasteiger partial charge on any atom is 0.192 e. The molecule has 0 saturated carbocycles. The zero-order valence-electron chi connectivity index (χ0n) is 25.2. The average Bonchev–Trinajstić information content (AvgIpc) is 2.68. The van der Waals surface area contributed by atoms with Gasteiger partial charge in [-0.25, -0.2) is 8.78 Å². The van der Waals surface area contributed by atoms with E-state index in [2.05, 4.69) is 70.3 Å². The molecule has 1 N–H and O–H groups in total. The Hall–Kier alpha value is -0.686. The summed E-state index contributed by atoms with van der Waals surface area (Å²) in [5, 5.41) is 11.9. The van der Waals surface area contributed by atoms with E-state index in [1.165, 1.54) is 12.1 Å². The number of benzene rings is 1. The molecule has 3 nitrogen and oxygen atoms in total. The highest BCUT2D eigenvalue weighted by Gasteiger charge is 2.44. The molecule has 3 rings (SSSR count). The molecule has 2 atom stereocenters. The molecule has 38 heavy (non-hydrogen) atoms. The Balaban J connectivity index is 2.25. The molecule has 212 valence electrons. The van der Waals surface area contributed by atoms with Gasteiger partial charge in [-0.2, -0.15) is 0 Å². The third-order valence-electron chi connectivity index (χ3n) is 8.21. The first-order valence-electron chi connectivity index (χ1n) is 13.6. The summed E-state index contributed by atoms with van der Waals surface area (Å²) in [7, 11) is -4.36. The number of fused-ring (bicyclic) bond motifs is 1. The largest absolute Gasteiger partial charge is 0.410 e. The third kappa shape index (κ3) is 6.29. The Morgan fingerprint density at radius 1 is 1.08 bits per heavy atom. The van der Waals surface area contributed by atoms with Crippen LogP contribution in [0.2, 0.25) is 37.8 Å². The van der Waals surface area contributed by atoms with Crippen molar-refractivity contribution in [3.05, 3.63) is 55.4 Å². The second-order valence-corrected chi connectivity index (χ2v) is 25.5. The average molecular weight is 674 g/mol. The van der Waals surface area contributed by atoms with Crippen LogP contribution >= 0.6 is 22.6 Å². The fraction of sp³-hybridized carbons (Fsp3) is 0.633. The van der Waals surface area contributed by atoms with Crippen LogP contribution in [0.15, 0.2) is 12.1 Å². The molecule has 0 radical (unpaired) electrons. The SMILES string of the molecule is CC(C)c1nc2c(c(I)c1C(O)c1cc(F)c([Si](C)(C)C)c(F)c1)[C@@H](O[Si](C)(C)C(C)(C)C)CC(C)(C)C2. The standard InChI is InChI=1S/C30H46F2INO2Si2/c1-17(2)26-24(27(35)18-13-19(31)28(20(32)14-18)37(8,9)10)25(33)23-21(34-26)15-30(6,7)16-22(23)36-38(11,12)29(3,4)5/h13-14,17,22,27,35H,15-16H2,1-12H3/t22-,27?/m0/s1. The first-order chi connectivity index (χ1) is 17.1. The van der Waals surface area contributed by atoms with Gasteiger partial charge in [0.05, 0.1) is 19.9 Å². The number of aliphatic hydroxyl groups excluding tert-OH is 1. The summed E-state index contributed by atoms with van der Waals surface area (Å²) in [6, 6.07) is 2.63. The van der Waals surface area contributed by atoms with Crippen LogP contribution in [0.1, 0.15) is 101 Å². The van der Waals surface area contributed by atoms with Crippen LogP contribution in [0.4, 0.5) is 8.78 Å². The van der Waals surface area contributed by atoms with E-state index < -0.39 is 34.1 Å². The molecule has 0 bridgehead atoms. The molecule has 1 aliphatic carbocycles. The highest BCUT2D eigenvalue weighted by molar-refractivity contribution is 14.1. The highest BCUT2D eigenvalue weighted by Crippen LogP contribution is 2.50. The lowest BCUT2D eigenvalue weighted by atomic mass is 9.74. The van der Waals surface area contributed by atoms with Gasteiger partial charge in [-0.15, -0.1) is 0 Å². The van der Waals surface area contributed by atoms with Gasteiger partial charge in [-0.05, 0) is 82.6 Å². The van der Waals surface area contributed by atoms with E-state index in [1.54, 1.807) is 0 Å². The molecule has 1 unspecified atom stereocenters. The fourth-order valence-corrected chi connectivity index (χ4v) is 9.28. The number of hydrogen-bond donors (Lipinski definition) is 1. The topological polar surface area (TPSA) is 42.4 Å². The molecule has 2 aromatic rings. The molecule has 1 heterocycles. The first kappa shape index (κ1) is 31.8. The van der Waals surface area contributed by atoms with Gasteiger partial charge < -0.3 is 9.53 Å². The smallest absolute Gasteiger partial charge is 0.192 e. The zero-order chi connectivity index (χ0) is 29.2. The normalized spacial score (nSPS) is 19.0. The summed E-state index contributed by atoms with van der Waals surface area (Å²) in [6.45, 7) is 25.6. The van der Waals surface area contributed by atoms with E-state index in [0.29, 0.717) is 5.56 Å². The number of nitrogens with zero attached hydrogens (tertiary/aromatic N) is 1. The van der Waals surface area contributed by atoms with E-state index in [9.17, 15) is 5.11 Å². The molecular formula is C30H46F2INO2Si2. The lowest BCUT2D eigenvalue weighted by Gasteiger charge is -2.44. The van der Waals surface area contributed by atoms with E-state index in [0.717, 1.165) is 33.4 Å². The third-order valence-corrected chi connectivity index (χ3v) is 15.8. The number of rotatable bonds is 6. The Kier molecular flexibility index (Phi) is 8.89. The van der Waals surface area contributed by atoms with Gasteiger partial charge in [0.15, 0.2) is 8.32 Å². The maximum absolute atomic E-state index is 15.2. The van der Waals surface area contributed by atoms with Crippen LogP contribution in [-0.2, 0) is 10.8 Å². The predicted octanol–water partition coefficient (Wildman–Crippen LogP) is 8.75. The minimum Gasteiger partial charge on any atom is -0.410 e. The van der Waals surface area contributed by atoms with Crippen LogP contribution in [0.25, 0.3) is 0 Å². The summed E-state index contributed by atoms with van der Waals surface area (Å²) in [4.78, 5) is 5.15. The van der Waals surface area contributed by atoms with Crippen LogP contribution in [0, 0.1) is 20.6 Å². The summed E-state index contributed by atoms with van der Waals surface area (Å²) >= 11 is 2.32. The number of hydrogen-bond acceptors (Lipinski definition) is 3. The van der Waals surface area contributed by atoms with E-state index in [4.69, 9.17) is 9.41 Å². The van der Waals surface area contributed by atoms with Gasteiger partial charge in [-0.1, -0.05) is 68.1 Å². The molecule has 1 aromatic carbocycles. The van der Waals surface area contributed by atoms with Crippen molar-refractivity contribution in [3.8, 4) is 0 Å². The van der Waals surface area contributed by atoms with Crippen molar-refractivity contribution < 1.29 is 18.3 Å². The van der Waals surface area contributed by atoms with Crippen molar-refractivity contribution >= 4 is 44.2 Å². The highest BCUT2D eigenvalue weighted by atomic mass is 127. The van der Waals surface area contributed by atoms with Gasteiger partial charge in [0.25, 0.3) is 0 Å². The summed E-state index contributed by atoms with van der Waals surface area (Å²) in [5.41, 5.74) is 3.71. The molecule has 0 fully saturated rings. The van der Waals surface area contributed by atoms with E-state index in [-0.39, 0.29) is 33.2 Å². The van der Waals surface area contributed by atoms with Gasteiger partial charge in [0.1, 0.15) is 17.7 Å². The number of pyridine rings is 1. The summed E-state index contributed by atoms with van der Waals surface area (Å²) in [6.07, 6.45) is 0.332. The minimum absolute atomic E-state index is 0.0173. The van der Waals surface area contributed by atoms with Gasteiger partial charge in [0.2, 0.25) is 0 Å². The van der Waals surface area contributed by atoms with Crippen molar-refractivity contribution in [3.63, 3.8) is 0 Å². The summed E-state index contributed by atoms with van der Waals surface area (Å²) in [5.74, 6) is -1.13. The molecule has 1 aliphatic rings. The van der Waals surface area contributed by atoms with Gasteiger partial charge >= 0.3 is 0 Å². The van der Waals surface area contributed by atoms with Crippen LogP contribution < -0.4 is 5.19 Å². The number of aromatic nitrogens is 1. The molecular weight excluding hydrogens is 627 g/mol. The monoisotopic (exact) mass is 673 g/mol. The lowest BCUT2D eigenvalue weighted by Crippen LogP contribution is -2.44. The first-order valence-corrected chi connectivity index (χ1v) is 21.1. The molecule has 1 aromatic heterocycles. The lowest BCUT2D eigenvalue weighted by molar-refractivity contribution is 0.104. The maximum atomic E-state index is 15.2. The Labute approximate surface area is 244 Å². The van der Waals surface area contributed by atoms with Crippen LogP contribution in [-0.4, -0.2) is 26.5 Å². The van der Waals surface area contributed by atoms with Crippen molar-refractivity contribution in [2.24, 2.45) is 5.41 Å². The van der Waals surface area contributed by atoms with Crippen LogP contribution in [0.3, 0.4) is 0 Å². The molecule has 0 aliphatic heterocycles. The van der Waals surface area contributed by atoms with Crippen molar-refractivity contribution in [1.82, 2.24) is 4.98 Å². The van der Waals surface area contributed by atoms with Gasteiger partial charge in [-0.3, -0.25) is 4.98 Å². The van der Waals surface area contributed by atoms with Gasteiger partial charge in [0, 0.05) is 25.6 Å². The Morgan fingerprint density at radius 3 is 2.05 bits per heavy atom. The Morgan fingerprint density at radius 2 is 1.61 bits per heavy atom. The molecule has 0 amide bonds. The zero-order valence-corrected chi connectivity index (χ0v) is 29.4. The van der Waals surface area contributed by atoms with Crippen molar-refractivity contribution in [2.45, 2.75) is 117 Å². The summed E-state index contributed by atoms with van der Waals surface area (Å²) < 4.78 is 38.3. The molecule has 8 heteroatoms. The fourth-order valence-electron chi connectivity index (χ4n) is 5.21. The van der Waals surface area contributed by atoms with E-state index >= 15 is 8.78 Å². The van der Waals surface area contributed by atoms with Crippen LogP contribution in [0.5, 0.6) is 0 Å². The van der Waals surface area contributed by atoms with Crippen molar-refractivity contribution in [1.29, 1.82) is 0 Å². The number of aliphatic hydroxyl groups is 1. The Bertz CT molecular complexity index is 1190. The number of halogens is 3. The predicted molar refractivity (Wildman–Crippen MR) is 168 cm³/mol. The van der Waals surface area contributed by atoms with E-state index in [1.807, 2.05) is 33.5 Å². The second-order valence-electron chi connectivity index (χ2n) is 14.7. The van der Waals surface area contributed by atoms with Crippen molar-refractivity contribution in [2.75, 3.05) is 0 Å². The second kappa shape index (κ2) is 10.6. The quantitative estimate of drug-likeness (QED) is 0.246.